The fraction of sp³-hybridized carbons (Fsp3) is 0.529. The first-order valence-corrected chi connectivity index (χ1v) is 11.5. The van der Waals surface area contributed by atoms with Crippen LogP contribution in [-0.2, 0) is 19.6 Å². The lowest BCUT2D eigenvalue weighted by atomic mass is 10.3. The van der Waals surface area contributed by atoms with Gasteiger partial charge < -0.3 is 10.1 Å². The first kappa shape index (κ1) is 21.7. The Labute approximate surface area is 174 Å². The van der Waals surface area contributed by atoms with Crippen LogP contribution in [0.1, 0.15) is 26.8 Å². The molecule has 1 atom stereocenters. The number of nitrogens with one attached hydrogen (secondary N) is 1. The molecule has 1 saturated heterocycles. The highest BCUT2D eigenvalue weighted by molar-refractivity contribution is 8.00. The number of nitrogens with zero attached hydrogens (tertiary/aromatic N) is 5. The first-order valence-electron chi connectivity index (χ1n) is 9.22. The van der Waals surface area contributed by atoms with Crippen LogP contribution >= 0.6 is 11.8 Å². The van der Waals surface area contributed by atoms with Gasteiger partial charge in [-0.25, -0.2) is 13.1 Å². The monoisotopic (exact) mass is 440 g/mol. The summed E-state index contributed by atoms with van der Waals surface area (Å²) in [5, 5.41) is 14.4. The SMILES string of the molecule is CC(Sc1nnnn1C(C)C)C(=O)Nc1ccc(S(=O)(=O)N2CCOCC2)cc1. The van der Waals surface area contributed by atoms with Crippen LogP contribution in [0.3, 0.4) is 0 Å². The van der Waals surface area contributed by atoms with Crippen molar-refractivity contribution in [1.29, 1.82) is 0 Å². The van der Waals surface area contributed by atoms with Gasteiger partial charge in [-0.3, -0.25) is 4.79 Å². The molecule has 1 aliphatic heterocycles. The normalized spacial score (nSPS) is 16.7. The number of morpholine rings is 1. The average Bonchev–Trinajstić information content (AvgIpc) is 3.17. The maximum absolute atomic E-state index is 12.7. The summed E-state index contributed by atoms with van der Waals surface area (Å²) in [6, 6.07) is 6.25. The molecule has 1 aromatic heterocycles. The number of hydrogen-bond donors (Lipinski definition) is 1. The minimum absolute atomic E-state index is 0.0868. The smallest absolute Gasteiger partial charge is 0.243 e. The molecular formula is C17H24N6O4S2. The van der Waals surface area contributed by atoms with E-state index in [1.54, 1.807) is 23.7 Å². The number of amides is 1. The maximum Gasteiger partial charge on any atom is 0.243 e. The molecule has 10 nitrogen and oxygen atoms in total. The molecule has 3 rings (SSSR count). The topological polar surface area (TPSA) is 119 Å². The van der Waals surface area contributed by atoms with E-state index in [-0.39, 0.29) is 16.8 Å². The van der Waals surface area contributed by atoms with Crippen molar-refractivity contribution in [1.82, 2.24) is 24.5 Å². The van der Waals surface area contributed by atoms with E-state index in [0.717, 1.165) is 0 Å². The molecule has 2 heterocycles. The van der Waals surface area contributed by atoms with Crippen LogP contribution in [0.4, 0.5) is 5.69 Å². The summed E-state index contributed by atoms with van der Waals surface area (Å²) in [4.78, 5) is 12.7. The summed E-state index contributed by atoms with van der Waals surface area (Å²) in [6.45, 7) is 7.13. The van der Waals surface area contributed by atoms with Crippen LogP contribution in [0.15, 0.2) is 34.3 Å². The van der Waals surface area contributed by atoms with Crippen LogP contribution in [0.5, 0.6) is 0 Å². The summed E-state index contributed by atoms with van der Waals surface area (Å²) < 4.78 is 33.6. The van der Waals surface area contributed by atoms with Gasteiger partial charge in [0.2, 0.25) is 21.1 Å². The molecule has 1 aliphatic rings. The minimum Gasteiger partial charge on any atom is -0.379 e. The second-order valence-electron chi connectivity index (χ2n) is 6.79. The standard InChI is InChI=1S/C17H24N6O4S2/c1-12(2)23-17(19-20-21-23)28-13(3)16(24)18-14-4-6-15(7-5-14)29(25,26)22-8-10-27-11-9-22/h4-7,12-13H,8-11H2,1-3H3,(H,18,24). The van der Waals surface area contributed by atoms with Gasteiger partial charge in [-0.05, 0) is 55.5 Å². The number of thioether (sulfide) groups is 1. The lowest BCUT2D eigenvalue weighted by molar-refractivity contribution is -0.115. The van der Waals surface area contributed by atoms with E-state index in [2.05, 4.69) is 20.8 Å². The molecule has 0 saturated carbocycles. The zero-order valence-corrected chi connectivity index (χ0v) is 18.1. The number of carbonyl (C=O) groups excluding carboxylic acids is 1. The number of sulfonamides is 1. The van der Waals surface area contributed by atoms with Gasteiger partial charge in [0, 0.05) is 18.8 Å². The average molecular weight is 441 g/mol. The molecule has 2 aromatic rings. The molecule has 1 amide bonds. The van der Waals surface area contributed by atoms with Crippen LogP contribution < -0.4 is 5.32 Å². The molecule has 1 unspecified atom stereocenters. The summed E-state index contributed by atoms with van der Waals surface area (Å²) >= 11 is 1.26. The van der Waals surface area contributed by atoms with Gasteiger partial charge in [-0.2, -0.15) is 4.31 Å². The molecule has 0 spiro atoms. The van der Waals surface area contributed by atoms with Crippen LogP contribution in [0.25, 0.3) is 0 Å². The fourth-order valence-corrected chi connectivity index (χ4v) is 5.02. The van der Waals surface area contributed by atoms with E-state index >= 15 is 0 Å². The molecule has 29 heavy (non-hydrogen) atoms. The van der Waals surface area contributed by atoms with Crippen LogP contribution in [0, 0.1) is 0 Å². The Bertz CT molecular complexity index is 939. The molecule has 1 N–H and O–H groups in total. The quantitative estimate of drug-likeness (QED) is 0.642. The maximum atomic E-state index is 12.7. The number of tetrazole rings is 1. The number of rotatable bonds is 7. The highest BCUT2D eigenvalue weighted by atomic mass is 32.2. The van der Waals surface area contributed by atoms with Gasteiger partial charge in [0.05, 0.1) is 29.4 Å². The zero-order chi connectivity index (χ0) is 21.0. The summed E-state index contributed by atoms with van der Waals surface area (Å²) in [5.41, 5.74) is 0.520. The Morgan fingerprint density at radius 1 is 1.17 bits per heavy atom. The van der Waals surface area contributed by atoms with Gasteiger partial charge in [0.25, 0.3) is 0 Å². The number of benzene rings is 1. The van der Waals surface area contributed by atoms with E-state index in [0.29, 0.717) is 37.1 Å². The Hall–Kier alpha value is -2.02. The predicted octanol–water partition coefficient (Wildman–Crippen LogP) is 1.39. The van der Waals surface area contributed by atoms with E-state index < -0.39 is 15.3 Å². The summed E-state index contributed by atoms with van der Waals surface area (Å²) in [7, 11) is -3.56. The number of carbonyl (C=O) groups is 1. The van der Waals surface area contributed by atoms with Crippen molar-refractivity contribution in [2.45, 2.75) is 42.1 Å². The third-order valence-electron chi connectivity index (χ3n) is 4.33. The molecule has 1 aromatic carbocycles. The highest BCUT2D eigenvalue weighted by Gasteiger charge is 2.26. The highest BCUT2D eigenvalue weighted by Crippen LogP contribution is 2.24. The summed E-state index contributed by atoms with van der Waals surface area (Å²) in [6.07, 6.45) is 0. The van der Waals surface area contributed by atoms with Gasteiger partial charge >= 0.3 is 0 Å². The van der Waals surface area contributed by atoms with Crippen molar-refractivity contribution in [2.24, 2.45) is 0 Å². The number of hydrogen-bond acceptors (Lipinski definition) is 8. The van der Waals surface area contributed by atoms with Gasteiger partial charge in [0.15, 0.2) is 0 Å². The zero-order valence-electron chi connectivity index (χ0n) is 16.5. The predicted molar refractivity (Wildman–Crippen MR) is 108 cm³/mol. The second kappa shape index (κ2) is 9.20. The van der Waals surface area contributed by atoms with E-state index in [4.69, 9.17) is 4.74 Å². The Balaban J connectivity index is 1.63. The van der Waals surface area contributed by atoms with Gasteiger partial charge in [-0.15, -0.1) is 5.10 Å². The van der Waals surface area contributed by atoms with Crippen molar-refractivity contribution in [3.05, 3.63) is 24.3 Å². The first-order chi connectivity index (χ1) is 13.8. The third kappa shape index (κ3) is 5.13. The molecule has 0 aliphatic carbocycles. The van der Waals surface area contributed by atoms with Crippen molar-refractivity contribution in [3.63, 3.8) is 0 Å². The van der Waals surface area contributed by atoms with Crippen molar-refractivity contribution in [2.75, 3.05) is 31.6 Å². The Kier molecular flexibility index (Phi) is 6.88. The molecule has 158 valence electrons. The van der Waals surface area contributed by atoms with Crippen molar-refractivity contribution in [3.8, 4) is 0 Å². The van der Waals surface area contributed by atoms with E-state index in [9.17, 15) is 13.2 Å². The van der Waals surface area contributed by atoms with E-state index in [1.165, 1.54) is 28.2 Å². The van der Waals surface area contributed by atoms with Gasteiger partial charge in [-0.1, -0.05) is 11.8 Å². The van der Waals surface area contributed by atoms with Crippen molar-refractivity contribution >= 4 is 33.4 Å². The van der Waals surface area contributed by atoms with Crippen LogP contribution in [0.2, 0.25) is 0 Å². The molecule has 1 fully saturated rings. The molecule has 12 heteroatoms. The second-order valence-corrected chi connectivity index (χ2v) is 10.0. The molecular weight excluding hydrogens is 416 g/mol. The Morgan fingerprint density at radius 2 is 1.83 bits per heavy atom. The van der Waals surface area contributed by atoms with Gasteiger partial charge in [0.1, 0.15) is 0 Å². The number of anilines is 1. The van der Waals surface area contributed by atoms with Crippen molar-refractivity contribution < 1.29 is 17.9 Å². The third-order valence-corrected chi connectivity index (χ3v) is 7.29. The Morgan fingerprint density at radius 3 is 2.45 bits per heavy atom. The summed E-state index contributed by atoms with van der Waals surface area (Å²) in [5.74, 6) is -0.225. The molecule has 0 radical (unpaired) electrons. The molecule has 0 bridgehead atoms. The van der Waals surface area contributed by atoms with E-state index in [1.807, 2.05) is 13.8 Å². The largest absolute Gasteiger partial charge is 0.379 e. The number of aromatic nitrogens is 4. The number of ether oxygens (including phenoxy) is 1. The van der Waals surface area contributed by atoms with Crippen LogP contribution in [-0.4, -0.2) is 70.4 Å². The lowest BCUT2D eigenvalue weighted by Gasteiger charge is -2.26. The minimum atomic E-state index is -3.56. The lowest BCUT2D eigenvalue weighted by Crippen LogP contribution is -2.40. The fourth-order valence-electron chi connectivity index (χ4n) is 2.69.